The van der Waals surface area contributed by atoms with Crippen LogP contribution in [0.2, 0.25) is 0 Å². The number of likely N-dealkylation sites (N-methyl/N-ethyl adjacent to an activating group) is 1. The summed E-state index contributed by atoms with van der Waals surface area (Å²) in [7, 11) is 2.01. The summed E-state index contributed by atoms with van der Waals surface area (Å²) < 4.78 is 0. The third-order valence-corrected chi connectivity index (χ3v) is 1.73. The Labute approximate surface area is 55.9 Å². The van der Waals surface area contributed by atoms with Crippen LogP contribution in [0.15, 0.2) is 0 Å². The van der Waals surface area contributed by atoms with Crippen LogP contribution < -0.4 is 0 Å². The van der Waals surface area contributed by atoms with Crippen molar-refractivity contribution in [3.05, 3.63) is 0 Å². The fraction of sp³-hybridized carbons (Fsp3) is 1.00. The van der Waals surface area contributed by atoms with Gasteiger partial charge in [-0.25, -0.2) is 0 Å². The highest BCUT2D eigenvalue weighted by molar-refractivity contribution is 5.85. The molecule has 0 amide bonds. The topological polar surface area (TPSA) is 23.5 Å². The number of aliphatic hydroxyl groups excluding tert-OH is 1. The first-order valence-electron chi connectivity index (χ1n) is 2.60. The summed E-state index contributed by atoms with van der Waals surface area (Å²) in [4.78, 5) is 2.12. The number of rotatable bonds is 0. The summed E-state index contributed by atoms with van der Waals surface area (Å²) in [6.07, 6.45) is -0.0648. The molecule has 1 heterocycles. The van der Waals surface area contributed by atoms with E-state index in [0.717, 1.165) is 6.54 Å². The minimum absolute atomic E-state index is 0. The Hall–Kier alpha value is 0.210. The molecule has 3 heteroatoms. The number of aliphatic hydroxyl groups is 1. The minimum atomic E-state index is -0.0648. The highest BCUT2D eigenvalue weighted by Crippen LogP contribution is 2.12. The largest absolute Gasteiger partial charge is 0.390 e. The van der Waals surface area contributed by atoms with E-state index >= 15 is 0 Å². The molecule has 0 aromatic rings. The molecule has 1 aliphatic heterocycles. The van der Waals surface area contributed by atoms with E-state index in [-0.39, 0.29) is 18.5 Å². The highest BCUT2D eigenvalue weighted by atomic mass is 35.5. The fourth-order valence-electron chi connectivity index (χ4n) is 0.770. The SMILES string of the molecule is CC1C(O)CN1C.Cl. The Morgan fingerprint density at radius 2 is 2.12 bits per heavy atom. The van der Waals surface area contributed by atoms with E-state index in [1.54, 1.807) is 0 Å². The fourth-order valence-corrected chi connectivity index (χ4v) is 0.770. The molecule has 1 saturated heterocycles. The van der Waals surface area contributed by atoms with Gasteiger partial charge in [0.25, 0.3) is 0 Å². The number of hydrogen-bond donors (Lipinski definition) is 1. The number of likely N-dealkylation sites (tertiary alicyclic amines) is 1. The molecule has 1 N–H and O–H groups in total. The standard InChI is InChI=1S/C5H11NO.ClH/c1-4-5(7)3-6(4)2;/h4-5,7H,3H2,1-2H3;1H. The number of hydrogen-bond acceptors (Lipinski definition) is 2. The van der Waals surface area contributed by atoms with Gasteiger partial charge >= 0.3 is 0 Å². The molecule has 2 atom stereocenters. The van der Waals surface area contributed by atoms with Crippen molar-refractivity contribution < 1.29 is 5.11 Å². The lowest BCUT2D eigenvalue weighted by Crippen LogP contribution is -2.55. The Bertz CT molecular complexity index is 70.8. The normalized spacial score (nSPS) is 37.9. The van der Waals surface area contributed by atoms with Crippen LogP contribution in [0.3, 0.4) is 0 Å². The van der Waals surface area contributed by atoms with Crippen molar-refractivity contribution in [2.45, 2.75) is 19.1 Å². The summed E-state index contributed by atoms with van der Waals surface area (Å²) in [6.45, 7) is 2.87. The van der Waals surface area contributed by atoms with Gasteiger partial charge in [-0.2, -0.15) is 0 Å². The van der Waals surface area contributed by atoms with Crippen molar-refractivity contribution in [3.63, 3.8) is 0 Å². The van der Waals surface area contributed by atoms with Crippen LogP contribution in [0.1, 0.15) is 6.92 Å². The first kappa shape index (κ1) is 8.21. The van der Waals surface area contributed by atoms with Gasteiger partial charge in [-0.1, -0.05) is 0 Å². The molecule has 0 bridgehead atoms. The molecule has 0 aromatic carbocycles. The van der Waals surface area contributed by atoms with Gasteiger partial charge in [-0.15, -0.1) is 12.4 Å². The van der Waals surface area contributed by atoms with Gasteiger partial charge in [0.1, 0.15) is 0 Å². The lowest BCUT2D eigenvalue weighted by molar-refractivity contribution is -0.0352. The molecule has 50 valence electrons. The van der Waals surface area contributed by atoms with E-state index in [1.807, 2.05) is 14.0 Å². The molecule has 2 nitrogen and oxygen atoms in total. The van der Waals surface area contributed by atoms with Gasteiger partial charge in [0.15, 0.2) is 0 Å². The summed E-state index contributed by atoms with van der Waals surface area (Å²) in [6, 6.07) is 0.389. The summed E-state index contributed by atoms with van der Waals surface area (Å²) in [5, 5.41) is 8.85. The molecule has 1 aliphatic rings. The number of β-amino-alcohol motifs (C(OH)–C–C–N with tert-alkyl or cyclic N) is 1. The maximum Gasteiger partial charge on any atom is 0.0819 e. The predicted molar refractivity (Wildman–Crippen MR) is 35.3 cm³/mol. The van der Waals surface area contributed by atoms with E-state index in [1.165, 1.54) is 0 Å². The van der Waals surface area contributed by atoms with Crippen LogP contribution in [0.25, 0.3) is 0 Å². The molecule has 8 heavy (non-hydrogen) atoms. The van der Waals surface area contributed by atoms with Gasteiger partial charge in [0, 0.05) is 12.6 Å². The molecule has 1 rings (SSSR count). The third kappa shape index (κ3) is 1.13. The Balaban J connectivity index is 0.000000490. The van der Waals surface area contributed by atoms with Gasteiger partial charge in [-0.05, 0) is 14.0 Å². The zero-order valence-electron chi connectivity index (χ0n) is 5.16. The molecular formula is C5H12ClNO. The average Bonchev–Trinajstić information content (AvgIpc) is 1.68. The Morgan fingerprint density at radius 1 is 1.62 bits per heavy atom. The van der Waals surface area contributed by atoms with Gasteiger partial charge in [-0.3, -0.25) is 4.90 Å². The molecular weight excluding hydrogens is 126 g/mol. The van der Waals surface area contributed by atoms with Crippen molar-refractivity contribution >= 4 is 12.4 Å². The predicted octanol–water partition coefficient (Wildman–Crippen LogP) is 0.103. The van der Waals surface area contributed by atoms with Crippen LogP contribution in [0.4, 0.5) is 0 Å². The zero-order valence-corrected chi connectivity index (χ0v) is 5.98. The molecule has 2 unspecified atom stereocenters. The first-order valence-corrected chi connectivity index (χ1v) is 2.60. The molecule has 0 radical (unpaired) electrons. The second-order valence-corrected chi connectivity index (χ2v) is 2.25. The van der Waals surface area contributed by atoms with Crippen molar-refractivity contribution in [1.29, 1.82) is 0 Å². The van der Waals surface area contributed by atoms with E-state index in [2.05, 4.69) is 4.90 Å². The summed E-state index contributed by atoms with van der Waals surface area (Å²) >= 11 is 0. The molecule has 0 aliphatic carbocycles. The smallest absolute Gasteiger partial charge is 0.0819 e. The molecule has 0 spiro atoms. The van der Waals surface area contributed by atoms with Crippen LogP contribution in [-0.4, -0.2) is 35.7 Å². The van der Waals surface area contributed by atoms with Crippen molar-refractivity contribution in [1.82, 2.24) is 4.90 Å². The Kier molecular flexibility index (Phi) is 2.74. The first-order chi connectivity index (χ1) is 3.22. The number of nitrogens with zero attached hydrogens (tertiary/aromatic N) is 1. The zero-order chi connectivity index (χ0) is 5.44. The van der Waals surface area contributed by atoms with E-state index in [0.29, 0.717) is 6.04 Å². The maximum absolute atomic E-state index is 8.85. The van der Waals surface area contributed by atoms with Crippen LogP contribution >= 0.6 is 12.4 Å². The van der Waals surface area contributed by atoms with Crippen molar-refractivity contribution in [2.75, 3.05) is 13.6 Å². The Morgan fingerprint density at radius 3 is 2.12 bits per heavy atom. The molecule has 1 fully saturated rings. The molecule has 0 aromatic heterocycles. The summed E-state index contributed by atoms with van der Waals surface area (Å²) in [5.41, 5.74) is 0. The van der Waals surface area contributed by atoms with Gasteiger partial charge in [0.05, 0.1) is 6.10 Å². The second-order valence-electron chi connectivity index (χ2n) is 2.25. The third-order valence-electron chi connectivity index (χ3n) is 1.73. The minimum Gasteiger partial charge on any atom is -0.390 e. The maximum atomic E-state index is 8.85. The average molecular weight is 138 g/mol. The quantitative estimate of drug-likeness (QED) is 0.512. The van der Waals surface area contributed by atoms with Crippen LogP contribution in [-0.2, 0) is 0 Å². The van der Waals surface area contributed by atoms with E-state index < -0.39 is 0 Å². The van der Waals surface area contributed by atoms with Crippen LogP contribution in [0.5, 0.6) is 0 Å². The summed E-state index contributed by atoms with van der Waals surface area (Å²) in [5.74, 6) is 0. The monoisotopic (exact) mass is 137 g/mol. The van der Waals surface area contributed by atoms with Crippen LogP contribution in [0, 0.1) is 0 Å². The number of halogens is 1. The van der Waals surface area contributed by atoms with E-state index in [4.69, 9.17) is 5.11 Å². The van der Waals surface area contributed by atoms with Gasteiger partial charge < -0.3 is 5.11 Å². The molecule has 0 saturated carbocycles. The lowest BCUT2D eigenvalue weighted by Gasteiger charge is -2.40. The van der Waals surface area contributed by atoms with Gasteiger partial charge in [0.2, 0.25) is 0 Å². The lowest BCUT2D eigenvalue weighted by atomic mass is 10.0. The van der Waals surface area contributed by atoms with E-state index in [9.17, 15) is 0 Å². The van der Waals surface area contributed by atoms with Crippen molar-refractivity contribution in [2.24, 2.45) is 0 Å². The highest BCUT2D eigenvalue weighted by Gasteiger charge is 2.29. The second kappa shape index (κ2) is 2.67. The van der Waals surface area contributed by atoms with Crippen molar-refractivity contribution in [3.8, 4) is 0 Å².